The molecule has 206 valence electrons. The molecule has 0 aliphatic heterocycles. The molecule has 0 saturated carbocycles. The second kappa shape index (κ2) is 29.0. The molecule has 0 bridgehead atoms. The third-order valence-electron chi connectivity index (χ3n) is 6.86. The van der Waals surface area contributed by atoms with Gasteiger partial charge in [0.1, 0.15) is 0 Å². The van der Waals surface area contributed by atoms with Gasteiger partial charge in [0.2, 0.25) is 0 Å². The number of hydrogen-bond donors (Lipinski definition) is 4. The van der Waals surface area contributed by atoms with Gasteiger partial charge in [0.25, 0.3) is 0 Å². The van der Waals surface area contributed by atoms with Crippen LogP contribution in [0.25, 0.3) is 0 Å². The third-order valence-corrected chi connectivity index (χ3v) is 6.86. The van der Waals surface area contributed by atoms with E-state index in [0.717, 1.165) is 13.1 Å². The molecule has 0 atom stereocenters. The van der Waals surface area contributed by atoms with Gasteiger partial charge in [-0.05, 0) is 25.9 Å². The highest BCUT2D eigenvalue weighted by atomic mass is 16.3. The van der Waals surface area contributed by atoms with E-state index in [4.69, 9.17) is 20.4 Å². The van der Waals surface area contributed by atoms with Gasteiger partial charge in [-0.1, -0.05) is 103 Å². The first-order chi connectivity index (χ1) is 16.8. The van der Waals surface area contributed by atoms with E-state index in [1.54, 1.807) is 0 Å². The summed E-state index contributed by atoms with van der Waals surface area (Å²) in [5.74, 6) is 0. The average Bonchev–Trinajstić information content (AvgIpc) is 2.83. The second-order valence-corrected chi connectivity index (χ2v) is 9.94. The molecule has 0 aliphatic rings. The molecule has 0 aliphatic carbocycles. The molecule has 0 amide bonds. The summed E-state index contributed by atoms with van der Waals surface area (Å²) in [6.07, 6.45) is 24.2. The van der Waals surface area contributed by atoms with Crippen LogP contribution in [0.1, 0.15) is 116 Å². The number of nitrogens with zero attached hydrogens (tertiary/aromatic N) is 2. The largest absolute Gasteiger partial charge is 0.395 e. The zero-order valence-electron chi connectivity index (χ0n) is 22.5. The van der Waals surface area contributed by atoms with E-state index in [0.29, 0.717) is 26.2 Å². The van der Waals surface area contributed by atoms with Gasteiger partial charge in [-0.3, -0.25) is 9.80 Å². The van der Waals surface area contributed by atoms with Crippen molar-refractivity contribution in [2.24, 2.45) is 0 Å². The predicted molar refractivity (Wildman–Crippen MR) is 144 cm³/mol. The van der Waals surface area contributed by atoms with Crippen LogP contribution >= 0.6 is 0 Å². The van der Waals surface area contributed by atoms with Crippen molar-refractivity contribution in [3.63, 3.8) is 0 Å². The number of unbranched alkanes of at least 4 members (excludes halogenated alkanes) is 17. The van der Waals surface area contributed by atoms with Crippen molar-refractivity contribution in [1.82, 2.24) is 9.80 Å². The standard InChI is InChI=1S/C28H60N2O4/c31-25-21-29(22-26-32)19-17-15-13-11-9-7-5-3-1-2-4-6-8-10-12-14-16-18-20-30(23-27-33)24-28-34/h31-34H,1-28H2. The van der Waals surface area contributed by atoms with Crippen LogP contribution in [0.5, 0.6) is 0 Å². The molecular weight excluding hydrogens is 428 g/mol. The van der Waals surface area contributed by atoms with E-state index in [-0.39, 0.29) is 26.4 Å². The van der Waals surface area contributed by atoms with Crippen molar-refractivity contribution in [3.8, 4) is 0 Å². The molecule has 6 nitrogen and oxygen atoms in total. The van der Waals surface area contributed by atoms with E-state index in [1.165, 1.54) is 116 Å². The van der Waals surface area contributed by atoms with Crippen LogP contribution in [0, 0.1) is 0 Å². The Bertz CT molecular complexity index is 328. The number of rotatable bonds is 29. The fourth-order valence-electron chi connectivity index (χ4n) is 4.74. The molecular formula is C28H60N2O4. The minimum absolute atomic E-state index is 0.181. The lowest BCUT2D eigenvalue weighted by Crippen LogP contribution is -2.30. The summed E-state index contributed by atoms with van der Waals surface area (Å²) in [5.41, 5.74) is 0. The molecule has 0 aromatic heterocycles. The molecule has 0 fully saturated rings. The van der Waals surface area contributed by atoms with Crippen LogP contribution in [-0.4, -0.2) is 95.9 Å². The Balaban J connectivity index is 3.21. The number of aliphatic hydroxyl groups excluding tert-OH is 4. The average molecular weight is 489 g/mol. The highest BCUT2D eigenvalue weighted by molar-refractivity contribution is 4.58. The minimum Gasteiger partial charge on any atom is -0.395 e. The summed E-state index contributed by atoms with van der Waals surface area (Å²) in [6, 6.07) is 0. The van der Waals surface area contributed by atoms with Gasteiger partial charge in [0.15, 0.2) is 0 Å². The molecule has 4 N–H and O–H groups in total. The molecule has 0 radical (unpaired) electrons. The molecule has 0 aromatic carbocycles. The maximum absolute atomic E-state index is 9.02. The first-order valence-electron chi connectivity index (χ1n) is 14.7. The SMILES string of the molecule is OCCN(CCO)CCCCCCCCCCCCCCCCCCCCN(CCO)CCO. The maximum Gasteiger partial charge on any atom is 0.0558 e. The summed E-state index contributed by atoms with van der Waals surface area (Å²) in [7, 11) is 0. The zero-order valence-corrected chi connectivity index (χ0v) is 22.5. The molecule has 0 spiro atoms. The van der Waals surface area contributed by atoms with Crippen molar-refractivity contribution >= 4 is 0 Å². The normalized spacial score (nSPS) is 11.8. The van der Waals surface area contributed by atoms with Crippen LogP contribution in [0.15, 0.2) is 0 Å². The van der Waals surface area contributed by atoms with E-state index >= 15 is 0 Å². The molecule has 34 heavy (non-hydrogen) atoms. The van der Waals surface area contributed by atoms with Crippen molar-refractivity contribution in [2.45, 2.75) is 116 Å². The number of aliphatic hydroxyl groups is 4. The lowest BCUT2D eigenvalue weighted by molar-refractivity contribution is 0.158. The van der Waals surface area contributed by atoms with Crippen LogP contribution in [0.4, 0.5) is 0 Å². The minimum atomic E-state index is 0.181. The highest BCUT2D eigenvalue weighted by Crippen LogP contribution is 2.14. The molecule has 0 unspecified atom stereocenters. The summed E-state index contributed by atoms with van der Waals surface area (Å²) in [6.45, 7) is 5.44. The van der Waals surface area contributed by atoms with Gasteiger partial charge in [-0.25, -0.2) is 0 Å². The van der Waals surface area contributed by atoms with Gasteiger partial charge in [0.05, 0.1) is 26.4 Å². The van der Waals surface area contributed by atoms with Crippen LogP contribution in [0.3, 0.4) is 0 Å². The van der Waals surface area contributed by atoms with Crippen LogP contribution < -0.4 is 0 Å². The van der Waals surface area contributed by atoms with Gasteiger partial charge in [-0.2, -0.15) is 0 Å². The third kappa shape index (κ3) is 24.9. The molecule has 6 heteroatoms. The van der Waals surface area contributed by atoms with Gasteiger partial charge in [0, 0.05) is 26.2 Å². The quantitative estimate of drug-likeness (QED) is 0.115. The van der Waals surface area contributed by atoms with E-state index in [2.05, 4.69) is 9.80 Å². The Morgan fingerprint density at radius 2 is 0.412 bits per heavy atom. The molecule has 0 aromatic rings. The Morgan fingerprint density at radius 1 is 0.235 bits per heavy atom. The summed E-state index contributed by atoms with van der Waals surface area (Å²) in [5, 5.41) is 36.1. The summed E-state index contributed by atoms with van der Waals surface area (Å²) >= 11 is 0. The van der Waals surface area contributed by atoms with Crippen LogP contribution in [-0.2, 0) is 0 Å². The Kier molecular flexibility index (Phi) is 28.8. The zero-order chi connectivity index (χ0) is 25.0. The van der Waals surface area contributed by atoms with Gasteiger partial charge >= 0.3 is 0 Å². The maximum atomic E-state index is 9.02. The van der Waals surface area contributed by atoms with Crippen LogP contribution in [0.2, 0.25) is 0 Å². The smallest absolute Gasteiger partial charge is 0.0558 e. The Labute approximate surface area is 211 Å². The van der Waals surface area contributed by atoms with Crippen molar-refractivity contribution in [3.05, 3.63) is 0 Å². The molecule has 0 saturated heterocycles. The first kappa shape index (κ1) is 33.8. The fraction of sp³-hybridized carbons (Fsp3) is 1.00. The van der Waals surface area contributed by atoms with E-state index in [1.807, 2.05) is 0 Å². The summed E-state index contributed by atoms with van der Waals surface area (Å²) in [4.78, 5) is 4.30. The fourth-order valence-corrected chi connectivity index (χ4v) is 4.74. The lowest BCUT2D eigenvalue weighted by Gasteiger charge is -2.19. The van der Waals surface area contributed by atoms with Gasteiger partial charge < -0.3 is 20.4 Å². The van der Waals surface area contributed by atoms with E-state index < -0.39 is 0 Å². The lowest BCUT2D eigenvalue weighted by atomic mass is 10.0. The first-order valence-corrected chi connectivity index (χ1v) is 14.7. The molecule has 0 heterocycles. The highest BCUT2D eigenvalue weighted by Gasteiger charge is 2.03. The monoisotopic (exact) mass is 488 g/mol. The summed E-state index contributed by atoms with van der Waals surface area (Å²) < 4.78 is 0. The van der Waals surface area contributed by atoms with E-state index in [9.17, 15) is 0 Å². The topological polar surface area (TPSA) is 87.4 Å². The van der Waals surface area contributed by atoms with Gasteiger partial charge in [-0.15, -0.1) is 0 Å². The van der Waals surface area contributed by atoms with Crippen molar-refractivity contribution in [1.29, 1.82) is 0 Å². The Morgan fingerprint density at radius 3 is 0.588 bits per heavy atom. The Hall–Kier alpha value is -0.240. The second-order valence-electron chi connectivity index (χ2n) is 9.94. The number of hydrogen-bond acceptors (Lipinski definition) is 6. The molecule has 0 rings (SSSR count). The predicted octanol–water partition coefficient (Wildman–Crippen LogP) is 4.58. The van der Waals surface area contributed by atoms with Crippen molar-refractivity contribution < 1.29 is 20.4 Å². The van der Waals surface area contributed by atoms with Crippen molar-refractivity contribution in [2.75, 3.05) is 65.7 Å².